The molecule has 0 aromatic carbocycles. The zero-order chi connectivity index (χ0) is 17.6. The van der Waals surface area contributed by atoms with E-state index in [1.54, 1.807) is 40.0 Å². The molecule has 0 spiro atoms. The van der Waals surface area contributed by atoms with Crippen molar-refractivity contribution in [3.05, 3.63) is 24.2 Å². The van der Waals surface area contributed by atoms with Crippen LogP contribution in [0.1, 0.15) is 39.5 Å². The van der Waals surface area contributed by atoms with Crippen LogP contribution >= 0.6 is 0 Å². The molecule has 1 aromatic rings. The lowest BCUT2D eigenvalue weighted by Gasteiger charge is -2.32. The Morgan fingerprint density at radius 2 is 2.04 bits per heavy atom. The first-order valence-electron chi connectivity index (χ1n) is 7.40. The van der Waals surface area contributed by atoms with E-state index < -0.39 is 23.7 Å². The maximum Gasteiger partial charge on any atom is 0.410 e. The largest absolute Gasteiger partial charge is 0.480 e. The Kier molecular flexibility index (Phi) is 6.62. The lowest BCUT2D eigenvalue weighted by atomic mass is 9.99. The van der Waals surface area contributed by atoms with Crippen LogP contribution in [0.2, 0.25) is 0 Å². The highest BCUT2D eigenvalue weighted by Gasteiger charge is 2.32. The van der Waals surface area contributed by atoms with Crippen LogP contribution < -0.4 is 0 Å². The summed E-state index contributed by atoms with van der Waals surface area (Å²) in [6, 6.07) is 3.07. The fraction of sp³-hybridized carbons (Fsp3) is 0.625. The molecule has 1 unspecified atom stereocenters. The molecule has 2 atom stereocenters. The second kappa shape index (κ2) is 8.01. The lowest BCUT2D eigenvalue weighted by molar-refractivity contribution is -0.142. The van der Waals surface area contributed by atoms with Crippen LogP contribution in [0, 0.1) is 5.92 Å². The molecule has 0 fully saturated rings. The number of rotatable bonds is 7. The quantitative estimate of drug-likeness (QED) is 0.828. The number of hydrogen-bond donors (Lipinski definition) is 1. The Hall–Kier alpha value is -2.02. The number of aliphatic carboxylic acids is 1. The minimum absolute atomic E-state index is 0.171. The van der Waals surface area contributed by atoms with Gasteiger partial charge in [0.05, 0.1) is 18.9 Å². The summed E-state index contributed by atoms with van der Waals surface area (Å²) in [6.45, 7) is 7.02. The molecule has 23 heavy (non-hydrogen) atoms. The molecule has 7 heteroatoms. The second-order valence-electron chi connectivity index (χ2n) is 6.44. The van der Waals surface area contributed by atoms with Gasteiger partial charge in [0.15, 0.2) is 0 Å². The topological polar surface area (TPSA) is 89.2 Å². The van der Waals surface area contributed by atoms with Gasteiger partial charge < -0.3 is 23.9 Å². The van der Waals surface area contributed by atoms with Crippen molar-refractivity contribution in [1.82, 2.24) is 4.90 Å². The first-order valence-corrected chi connectivity index (χ1v) is 7.40. The van der Waals surface area contributed by atoms with Crippen molar-refractivity contribution >= 4 is 12.1 Å². The summed E-state index contributed by atoms with van der Waals surface area (Å²) in [7, 11) is 1.62. The van der Waals surface area contributed by atoms with Crippen LogP contribution in [-0.2, 0) is 14.3 Å². The Balaban J connectivity index is 2.84. The first-order chi connectivity index (χ1) is 10.6. The number of carbonyl (C=O) groups is 2. The summed E-state index contributed by atoms with van der Waals surface area (Å²) in [4.78, 5) is 24.3. The van der Waals surface area contributed by atoms with Crippen molar-refractivity contribution in [2.75, 3.05) is 20.3 Å². The van der Waals surface area contributed by atoms with Crippen LogP contribution in [0.3, 0.4) is 0 Å². The number of nitrogens with zero attached hydrogens (tertiary/aromatic N) is 1. The van der Waals surface area contributed by atoms with Crippen LogP contribution in [-0.4, -0.2) is 47.9 Å². The first kappa shape index (κ1) is 19.0. The molecule has 7 nitrogen and oxygen atoms in total. The summed E-state index contributed by atoms with van der Waals surface area (Å²) in [6.07, 6.45) is 1.04. The van der Waals surface area contributed by atoms with E-state index in [9.17, 15) is 9.59 Å². The van der Waals surface area contributed by atoms with Gasteiger partial charge in [-0.25, -0.2) is 9.59 Å². The van der Waals surface area contributed by atoms with Crippen molar-refractivity contribution < 1.29 is 28.6 Å². The Morgan fingerprint density at radius 1 is 1.39 bits per heavy atom. The molecule has 0 saturated carbocycles. The van der Waals surface area contributed by atoms with Crippen LogP contribution in [0.4, 0.5) is 4.79 Å². The predicted octanol–water partition coefficient (Wildman–Crippen LogP) is 2.92. The second-order valence-corrected chi connectivity index (χ2v) is 6.44. The summed E-state index contributed by atoms with van der Waals surface area (Å²) in [5.41, 5.74) is -0.609. The standard InChI is InChI=1S/C16H25NO6/c1-11(9-21-10-13(18)19)14(12-7-6-8-22-12)17(5)15(20)23-16(2,3)4/h6-8,11,14H,9-10H2,1-5H3,(H,18,19)/t11?,14-/m0/s1. The minimum Gasteiger partial charge on any atom is -0.480 e. The van der Waals surface area contributed by atoms with Crippen LogP contribution in [0.15, 0.2) is 22.8 Å². The zero-order valence-electron chi connectivity index (χ0n) is 14.2. The number of carboxylic acid groups (broad SMARTS) is 1. The molecule has 0 aliphatic heterocycles. The van der Waals surface area contributed by atoms with E-state index in [1.165, 1.54) is 11.2 Å². The lowest BCUT2D eigenvalue weighted by Crippen LogP contribution is -2.39. The number of hydrogen-bond acceptors (Lipinski definition) is 5. The molecule has 0 aliphatic carbocycles. The van der Waals surface area contributed by atoms with E-state index in [0.717, 1.165) is 0 Å². The van der Waals surface area contributed by atoms with E-state index >= 15 is 0 Å². The molecule has 1 rings (SSSR count). The van der Waals surface area contributed by atoms with Gasteiger partial charge >= 0.3 is 12.1 Å². The third kappa shape index (κ3) is 6.32. The van der Waals surface area contributed by atoms with Gasteiger partial charge in [-0.05, 0) is 32.9 Å². The minimum atomic E-state index is -1.03. The number of ether oxygens (including phenoxy) is 2. The van der Waals surface area contributed by atoms with E-state index in [2.05, 4.69) is 0 Å². The molecule has 130 valence electrons. The highest BCUT2D eigenvalue weighted by atomic mass is 16.6. The molecule has 0 aliphatic rings. The third-order valence-corrected chi connectivity index (χ3v) is 3.08. The van der Waals surface area contributed by atoms with E-state index in [-0.39, 0.29) is 19.1 Å². The average Bonchev–Trinajstić information content (AvgIpc) is 2.90. The molecule has 0 bridgehead atoms. The molecule has 1 N–H and O–H groups in total. The van der Waals surface area contributed by atoms with Gasteiger partial charge in [0.2, 0.25) is 0 Å². The molecule has 0 radical (unpaired) electrons. The smallest absolute Gasteiger partial charge is 0.410 e. The molecule has 1 heterocycles. The normalized spacial score (nSPS) is 14.1. The SMILES string of the molecule is CC(COCC(=O)O)[C@@H](c1ccco1)N(C)C(=O)OC(C)(C)C. The third-order valence-electron chi connectivity index (χ3n) is 3.08. The number of carbonyl (C=O) groups excluding carboxylic acids is 1. The monoisotopic (exact) mass is 327 g/mol. The summed E-state index contributed by atoms with van der Waals surface area (Å²) in [5, 5.41) is 8.65. The van der Waals surface area contributed by atoms with Crippen molar-refractivity contribution in [3.63, 3.8) is 0 Å². The van der Waals surface area contributed by atoms with Gasteiger partial charge in [-0.2, -0.15) is 0 Å². The van der Waals surface area contributed by atoms with Gasteiger partial charge in [-0.1, -0.05) is 6.92 Å². The van der Waals surface area contributed by atoms with Crippen molar-refractivity contribution in [1.29, 1.82) is 0 Å². The van der Waals surface area contributed by atoms with Gasteiger partial charge in [0.25, 0.3) is 0 Å². The fourth-order valence-corrected chi connectivity index (χ4v) is 2.18. The van der Waals surface area contributed by atoms with E-state index in [1.807, 2.05) is 6.92 Å². The van der Waals surface area contributed by atoms with Gasteiger partial charge in [-0.3, -0.25) is 0 Å². The number of carboxylic acids is 1. The van der Waals surface area contributed by atoms with Crippen LogP contribution in [0.5, 0.6) is 0 Å². The number of furan rings is 1. The molecule has 1 aromatic heterocycles. The highest BCUT2D eigenvalue weighted by Crippen LogP contribution is 2.29. The van der Waals surface area contributed by atoms with Gasteiger partial charge in [0.1, 0.15) is 18.0 Å². The van der Waals surface area contributed by atoms with Gasteiger partial charge in [-0.15, -0.1) is 0 Å². The Bertz CT molecular complexity index is 505. The molecule has 0 saturated heterocycles. The van der Waals surface area contributed by atoms with E-state index in [0.29, 0.717) is 5.76 Å². The Labute approximate surface area is 136 Å². The number of amides is 1. The molecule has 1 amide bonds. The molecular formula is C16H25NO6. The van der Waals surface area contributed by atoms with Crippen molar-refractivity contribution in [2.45, 2.75) is 39.3 Å². The summed E-state index contributed by atoms with van der Waals surface area (Å²) >= 11 is 0. The molecular weight excluding hydrogens is 302 g/mol. The highest BCUT2D eigenvalue weighted by molar-refractivity contribution is 5.68. The van der Waals surface area contributed by atoms with E-state index in [4.69, 9.17) is 19.0 Å². The maximum absolute atomic E-state index is 12.3. The van der Waals surface area contributed by atoms with Crippen molar-refractivity contribution in [2.24, 2.45) is 5.92 Å². The van der Waals surface area contributed by atoms with Crippen LogP contribution in [0.25, 0.3) is 0 Å². The Morgan fingerprint density at radius 3 is 2.52 bits per heavy atom. The van der Waals surface area contributed by atoms with Gasteiger partial charge in [0, 0.05) is 13.0 Å². The van der Waals surface area contributed by atoms with Crippen molar-refractivity contribution in [3.8, 4) is 0 Å². The zero-order valence-corrected chi connectivity index (χ0v) is 14.2. The predicted molar refractivity (Wildman–Crippen MR) is 83.1 cm³/mol. The maximum atomic E-state index is 12.3. The summed E-state index contributed by atoms with van der Waals surface area (Å²) < 4.78 is 16.0. The average molecular weight is 327 g/mol. The fourth-order valence-electron chi connectivity index (χ4n) is 2.18. The summed E-state index contributed by atoms with van der Waals surface area (Å²) in [5.74, 6) is -0.630.